The largest absolute Gasteiger partial charge is 0.497 e. The van der Waals surface area contributed by atoms with Crippen LogP contribution in [0.1, 0.15) is 25.2 Å². The Balaban J connectivity index is 1.91. The lowest BCUT2D eigenvalue weighted by atomic mass is 10.1. The maximum Gasteiger partial charge on any atom is 0.122 e. The Kier molecular flexibility index (Phi) is 5.18. The van der Waals surface area contributed by atoms with E-state index in [0.29, 0.717) is 6.04 Å². The van der Waals surface area contributed by atoms with Gasteiger partial charge in [-0.2, -0.15) is 0 Å². The first-order chi connectivity index (χ1) is 9.69. The molecule has 2 aromatic rings. The third kappa shape index (κ3) is 4.10. The number of aryl methyl sites for hydroxylation is 2. The summed E-state index contributed by atoms with van der Waals surface area (Å²) < 4.78 is 7.38. The van der Waals surface area contributed by atoms with E-state index in [2.05, 4.69) is 40.8 Å². The highest BCUT2D eigenvalue weighted by Crippen LogP contribution is 2.12. The lowest BCUT2D eigenvalue weighted by molar-refractivity contribution is 0.414. The number of nitrogens with one attached hydrogen (secondary N) is 1. The summed E-state index contributed by atoms with van der Waals surface area (Å²) in [4.78, 5) is 4.41. The second kappa shape index (κ2) is 7.10. The van der Waals surface area contributed by atoms with E-state index in [0.717, 1.165) is 31.1 Å². The first kappa shape index (κ1) is 14.6. The molecule has 1 N–H and O–H groups in total. The van der Waals surface area contributed by atoms with Gasteiger partial charge in [0.1, 0.15) is 11.6 Å². The average Bonchev–Trinajstić information content (AvgIpc) is 2.91. The summed E-state index contributed by atoms with van der Waals surface area (Å²) in [7, 11) is 1.69. The van der Waals surface area contributed by atoms with Gasteiger partial charge < -0.3 is 14.6 Å². The molecule has 0 unspecified atom stereocenters. The zero-order valence-corrected chi connectivity index (χ0v) is 12.5. The summed E-state index contributed by atoms with van der Waals surface area (Å²) in [5.74, 6) is 1.99. The summed E-state index contributed by atoms with van der Waals surface area (Å²) in [6, 6.07) is 8.71. The van der Waals surface area contributed by atoms with Crippen molar-refractivity contribution in [1.82, 2.24) is 14.9 Å². The monoisotopic (exact) mass is 273 g/mol. The molecule has 4 nitrogen and oxygen atoms in total. The molecule has 0 spiro atoms. The minimum absolute atomic E-state index is 0.474. The minimum Gasteiger partial charge on any atom is -0.497 e. The number of aromatic nitrogens is 2. The number of benzene rings is 1. The minimum atomic E-state index is 0.474. The Labute approximate surface area is 120 Å². The predicted molar refractivity (Wildman–Crippen MR) is 80.9 cm³/mol. The molecule has 0 aliphatic rings. The van der Waals surface area contributed by atoms with Crippen LogP contribution in [0.15, 0.2) is 36.7 Å². The molecule has 20 heavy (non-hydrogen) atoms. The average molecular weight is 273 g/mol. The van der Waals surface area contributed by atoms with Gasteiger partial charge in [-0.05, 0) is 24.1 Å². The highest BCUT2D eigenvalue weighted by molar-refractivity contribution is 5.27. The predicted octanol–water partition coefficient (Wildman–Crippen LogP) is 2.63. The van der Waals surface area contributed by atoms with Crippen LogP contribution in [0.5, 0.6) is 5.75 Å². The van der Waals surface area contributed by atoms with Gasteiger partial charge in [0.15, 0.2) is 0 Å². The van der Waals surface area contributed by atoms with Crippen LogP contribution < -0.4 is 10.1 Å². The number of ether oxygens (including phenoxy) is 1. The van der Waals surface area contributed by atoms with Crippen LogP contribution in [-0.2, 0) is 19.5 Å². The first-order valence-corrected chi connectivity index (χ1v) is 7.05. The van der Waals surface area contributed by atoms with Crippen LogP contribution >= 0.6 is 0 Å². The highest BCUT2D eigenvalue weighted by Gasteiger charge is 2.04. The van der Waals surface area contributed by atoms with Crippen molar-refractivity contribution >= 4 is 0 Å². The van der Waals surface area contributed by atoms with E-state index in [1.165, 1.54) is 5.56 Å². The number of hydrogen-bond acceptors (Lipinski definition) is 3. The number of methoxy groups -OCH3 is 1. The van der Waals surface area contributed by atoms with Crippen LogP contribution in [-0.4, -0.2) is 22.7 Å². The van der Waals surface area contributed by atoms with E-state index in [4.69, 9.17) is 4.74 Å². The summed E-state index contributed by atoms with van der Waals surface area (Å²) >= 11 is 0. The zero-order chi connectivity index (χ0) is 14.4. The molecule has 2 rings (SSSR count). The SMILES string of the molecule is COc1ccc(CCn2ccnc2CNC(C)C)cc1. The van der Waals surface area contributed by atoms with Gasteiger partial charge in [-0.15, -0.1) is 0 Å². The molecule has 0 fully saturated rings. The fourth-order valence-corrected chi connectivity index (χ4v) is 2.05. The molecule has 108 valence electrons. The third-order valence-electron chi connectivity index (χ3n) is 3.27. The van der Waals surface area contributed by atoms with E-state index >= 15 is 0 Å². The molecule has 1 heterocycles. The van der Waals surface area contributed by atoms with Crippen molar-refractivity contribution in [3.63, 3.8) is 0 Å². The van der Waals surface area contributed by atoms with Gasteiger partial charge >= 0.3 is 0 Å². The lowest BCUT2D eigenvalue weighted by Crippen LogP contribution is -2.24. The van der Waals surface area contributed by atoms with Crippen LogP contribution in [0.3, 0.4) is 0 Å². The van der Waals surface area contributed by atoms with Crippen molar-refractivity contribution in [2.24, 2.45) is 0 Å². The zero-order valence-electron chi connectivity index (χ0n) is 12.5. The second-order valence-electron chi connectivity index (χ2n) is 5.17. The molecular weight excluding hydrogens is 250 g/mol. The molecule has 0 aliphatic carbocycles. The Morgan fingerprint density at radius 1 is 1.25 bits per heavy atom. The van der Waals surface area contributed by atoms with E-state index < -0.39 is 0 Å². The molecule has 1 aromatic heterocycles. The molecule has 0 atom stereocenters. The van der Waals surface area contributed by atoms with E-state index in [1.54, 1.807) is 7.11 Å². The van der Waals surface area contributed by atoms with Crippen LogP contribution in [0, 0.1) is 0 Å². The van der Waals surface area contributed by atoms with Crippen molar-refractivity contribution < 1.29 is 4.74 Å². The van der Waals surface area contributed by atoms with Gasteiger partial charge in [0.05, 0.1) is 13.7 Å². The van der Waals surface area contributed by atoms with Crippen molar-refractivity contribution in [3.05, 3.63) is 48.0 Å². The quantitative estimate of drug-likeness (QED) is 0.843. The van der Waals surface area contributed by atoms with Gasteiger partial charge in [-0.25, -0.2) is 4.98 Å². The maximum absolute atomic E-state index is 5.17. The standard InChI is InChI=1S/C16H23N3O/c1-13(2)18-12-16-17-9-11-19(16)10-8-14-4-6-15(20-3)7-5-14/h4-7,9,11,13,18H,8,10,12H2,1-3H3. The molecule has 0 amide bonds. The Hall–Kier alpha value is -1.81. The molecule has 0 saturated heterocycles. The molecule has 4 heteroatoms. The van der Waals surface area contributed by atoms with Crippen LogP contribution in [0.25, 0.3) is 0 Å². The van der Waals surface area contributed by atoms with E-state index in [-0.39, 0.29) is 0 Å². The van der Waals surface area contributed by atoms with E-state index in [9.17, 15) is 0 Å². The van der Waals surface area contributed by atoms with Crippen molar-refractivity contribution in [2.45, 2.75) is 39.4 Å². The number of rotatable bonds is 7. The summed E-state index contributed by atoms with van der Waals surface area (Å²) in [5.41, 5.74) is 1.31. The van der Waals surface area contributed by atoms with Gasteiger partial charge in [0.25, 0.3) is 0 Å². The normalized spacial score (nSPS) is 11.0. The Bertz CT molecular complexity index is 517. The third-order valence-corrected chi connectivity index (χ3v) is 3.27. The van der Waals surface area contributed by atoms with Crippen LogP contribution in [0.4, 0.5) is 0 Å². The van der Waals surface area contributed by atoms with Crippen LogP contribution in [0.2, 0.25) is 0 Å². The van der Waals surface area contributed by atoms with Gasteiger partial charge in [0.2, 0.25) is 0 Å². The molecule has 0 saturated carbocycles. The van der Waals surface area contributed by atoms with Crippen molar-refractivity contribution in [1.29, 1.82) is 0 Å². The smallest absolute Gasteiger partial charge is 0.122 e. The van der Waals surface area contributed by atoms with Crippen molar-refractivity contribution in [3.8, 4) is 5.75 Å². The topological polar surface area (TPSA) is 39.1 Å². The molecule has 0 bridgehead atoms. The van der Waals surface area contributed by atoms with Crippen molar-refractivity contribution in [2.75, 3.05) is 7.11 Å². The first-order valence-electron chi connectivity index (χ1n) is 7.05. The maximum atomic E-state index is 5.17. The molecule has 0 aliphatic heterocycles. The summed E-state index contributed by atoms with van der Waals surface area (Å²) in [5, 5.41) is 3.40. The molecular formula is C16H23N3O. The second-order valence-corrected chi connectivity index (χ2v) is 5.17. The number of hydrogen-bond donors (Lipinski definition) is 1. The Morgan fingerprint density at radius 2 is 2.00 bits per heavy atom. The van der Waals surface area contributed by atoms with Gasteiger partial charge in [0, 0.05) is 25.0 Å². The van der Waals surface area contributed by atoms with E-state index in [1.807, 2.05) is 24.5 Å². The van der Waals surface area contributed by atoms with Gasteiger partial charge in [-0.3, -0.25) is 0 Å². The summed E-state index contributed by atoms with van der Waals surface area (Å²) in [6.07, 6.45) is 4.90. The molecule has 0 radical (unpaired) electrons. The number of imidazole rings is 1. The molecule has 1 aromatic carbocycles. The Morgan fingerprint density at radius 3 is 2.65 bits per heavy atom. The number of nitrogens with zero attached hydrogens (tertiary/aromatic N) is 2. The highest BCUT2D eigenvalue weighted by atomic mass is 16.5. The van der Waals surface area contributed by atoms with Gasteiger partial charge in [-0.1, -0.05) is 26.0 Å². The fourth-order valence-electron chi connectivity index (χ4n) is 2.05. The lowest BCUT2D eigenvalue weighted by Gasteiger charge is -2.11. The fraction of sp³-hybridized carbons (Fsp3) is 0.438. The summed E-state index contributed by atoms with van der Waals surface area (Å²) in [6.45, 7) is 6.05.